The Kier molecular flexibility index (Phi) is 7.23. The standard InChI is InChI=1S/C22H28N2O3S/c25-22(23-16-9-12-19-10-3-1-4-11-19)18-20-13-7-8-17-24(20)28(26,27)21-14-5-2-6-15-21/h1-6,10-11,14-15,20H,7-9,12-13,16-18H2,(H,23,25)/t20-/m1/s1. The van der Waals surface area contributed by atoms with E-state index in [1.165, 1.54) is 9.87 Å². The minimum atomic E-state index is -3.56. The fourth-order valence-corrected chi connectivity index (χ4v) is 5.39. The van der Waals surface area contributed by atoms with Crippen LogP contribution in [0.15, 0.2) is 65.6 Å². The molecule has 1 aliphatic rings. The van der Waals surface area contributed by atoms with Gasteiger partial charge in [-0.2, -0.15) is 4.31 Å². The number of nitrogens with one attached hydrogen (secondary N) is 1. The van der Waals surface area contributed by atoms with Crippen molar-refractivity contribution < 1.29 is 13.2 Å². The molecule has 0 radical (unpaired) electrons. The second-order valence-corrected chi connectivity index (χ2v) is 9.11. The third-order valence-electron chi connectivity index (χ3n) is 5.15. The Bertz CT molecular complexity index is 854. The molecule has 3 rings (SSSR count). The maximum atomic E-state index is 13.0. The van der Waals surface area contributed by atoms with Gasteiger partial charge >= 0.3 is 0 Å². The second-order valence-electron chi connectivity index (χ2n) is 7.22. The van der Waals surface area contributed by atoms with Crippen LogP contribution in [0.3, 0.4) is 0 Å². The van der Waals surface area contributed by atoms with E-state index in [1.54, 1.807) is 30.3 Å². The van der Waals surface area contributed by atoms with Crippen molar-refractivity contribution >= 4 is 15.9 Å². The molecule has 1 N–H and O–H groups in total. The molecule has 2 aromatic rings. The smallest absolute Gasteiger partial charge is 0.243 e. The number of carbonyl (C=O) groups is 1. The van der Waals surface area contributed by atoms with Crippen molar-refractivity contribution in [3.63, 3.8) is 0 Å². The summed E-state index contributed by atoms with van der Waals surface area (Å²) in [5.74, 6) is -0.0757. The average Bonchev–Trinajstić information content (AvgIpc) is 2.73. The van der Waals surface area contributed by atoms with Gasteiger partial charge in [-0.15, -0.1) is 0 Å². The summed E-state index contributed by atoms with van der Waals surface area (Å²) >= 11 is 0. The molecule has 0 aliphatic carbocycles. The van der Waals surface area contributed by atoms with E-state index in [1.807, 2.05) is 18.2 Å². The monoisotopic (exact) mass is 400 g/mol. The SMILES string of the molecule is O=C(C[C@H]1CCCCN1S(=O)(=O)c1ccccc1)NCCCc1ccccc1. The van der Waals surface area contributed by atoms with Crippen LogP contribution in [0.4, 0.5) is 0 Å². The highest BCUT2D eigenvalue weighted by Crippen LogP contribution is 2.27. The molecule has 1 saturated heterocycles. The minimum Gasteiger partial charge on any atom is -0.356 e. The second kappa shape index (κ2) is 9.85. The Labute approximate surface area is 167 Å². The van der Waals surface area contributed by atoms with E-state index in [4.69, 9.17) is 0 Å². The summed E-state index contributed by atoms with van der Waals surface area (Å²) in [5, 5.41) is 2.95. The highest BCUT2D eigenvalue weighted by molar-refractivity contribution is 7.89. The lowest BCUT2D eigenvalue weighted by Crippen LogP contribution is -2.46. The predicted molar refractivity (Wildman–Crippen MR) is 110 cm³/mol. The molecule has 0 saturated carbocycles. The maximum Gasteiger partial charge on any atom is 0.243 e. The van der Waals surface area contributed by atoms with Crippen molar-refractivity contribution in [3.8, 4) is 0 Å². The fraction of sp³-hybridized carbons (Fsp3) is 0.409. The molecule has 0 spiro atoms. The van der Waals surface area contributed by atoms with Crippen molar-refractivity contribution in [2.24, 2.45) is 0 Å². The van der Waals surface area contributed by atoms with E-state index in [2.05, 4.69) is 17.4 Å². The van der Waals surface area contributed by atoms with Gasteiger partial charge in [0.25, 0.3) is 0 Å². The summed E-state index contributed by atoms with van der Waals surface area (Å²) in [5.41, 5.74) is 1.25. The average molecular weight is 401 g/mol. The molecular weight excluding hydrogens is 372 g/mol. The zero-order valence-electron chi connectivity index (χ0n) is 16.1. The van der Waals surface area contributed by atoms with E-state index in [9.17, 15) is 13.2 Å². The minimum absolute atomic E-state index is 0.0757. The zero-order valence-corrected chi connectivity index (χ0v) is 16.9. The van der Waals surface area contributed by atoms with E-state index >= 15 is 0 Å². The van der Waals surface area contributed by atoms with Crippen LogP contribution in [0, 0.1) is 0 Å². The Hall–Kier alpha value is -2.18. The first kappa shape index (κ1) is 20.6. The number of hydrogen-bond donors (Lipinski definition) is 1. The van der Waals surface area contributed by atoms with Crippen LogP contribution in [0.5, 0.6) is 0 Å². The van der Waals surface area contributed by atoms with Crippen molar-refractivity contribution in [1.82, 2.24) is 9.62 Å². The molecule has 0 bridgehead atoms. The van der Waals surface area contributed by atoms with Gasteiger partial charge in [0.1, 0.15) is 0 Å². The van der Waals surface area contributed by atoms with Crippen LogP contribution < -0.4 is 5.32 Å². The van der Waals surface area contributed by atoms with E-state index in [0.717, 1.165) is 32.1 Å². The number of aryl methyl sites for hydroxylation is 1. The van der Waals surface area contributed by atoms with Crippen LogP contribution in [-0.2, 0) is 21.2 Å². The first-order valence-corrected chi connectivity index (χ1v) is 11.4. The van der Waals surface area contributed by atoms with Gasteiger partial charge in [0.15, 0.2) is 0 Å². The summed E-state index contributed by atoms with van der Waals surface area (Å²) in [6.07, 6.45) is 4.51. The van der Waals surface area contributed by atoms with E-state index < -0.39 is 10.0 Å². The van der Waals surface area contributed by atoms with Gasteiger partial charge in [0, 0.05) is 25.6 Å². The van der Waals surface area contributed by atoms with Gasteiger partial charge in [-0.1, -0.05) is 55.0 Å². The van der Waals surface area contributed by atoms with Crippen LogP contribution in [-0.4, -0.2) is 37.8 Å². The molecule has 28 heavy (non-hydrogen) atoms. The third-order valence-corrected chi connectivity index (χ3v) is 7.12. The topological polar surface area (TPSA) is 66.5 Å². The molecule has 1 amide bonds. The lowest BCUT2D eigenvalue weighted by Gasteiger charge is -2.34. The molecule has 1 atom stereocenters. The fourth-order valence-electron chi connectivity index (χ4n) is 3.67. The van der Waals surface area contributed by atoms with Crippen LogP contribution in [0.1, 0.15) is 37.7 Å². The molecule has 0 unspecified atom stereocenters. The van der Waals surface area contributed by atoms with E-state index in [-0.39, 0.29) is 18.4 Å². The van der Waals surface area contributed by atoms with Gasteiger partial charge in [-0.3, -0.25) is 4.79 Å². The Morgan fingerprint density at radius 1 is 1.00 bits per heavy atom. The summed E-state index contributed by atoms with van der Waals surface area (Å²) < 4.78 is 27.5. The largest absolute Gasteiger partial charge is 0.356 e. The van der Waals surface area contributed by atoms with Gasteiger partial charge in [0.2, 0.25) is 15.9 Å². The number of carbonyl (C=O) groups excluding carboxylic acids is 1. The number of piperidine rings is 1. The molecular formula is C22H28N2O3S. The lowest BCUT2D eigenvalue weighted by molar-refractivity contribution is -0.122. The number of amides is 1. The first-order valence-electron chi connectivity index (χ1n) is 9.95. The number of rotatable bonds is 8. The predicted octanol–water partition coefficient (Wildman–Crippen LogP) is 3.37. The summed E-state index contributed by atoms with van der Waals surface area (Å²) in [6.45, 7) is 1.08. The van der Waals surface area contributed by atoms with Crippen LogP contribution >= 0.6 is 0 Å². The lowest BCUT2D eigenvalue weighted by atomic mass is 10.0. The molecule has 2 aromatic carbocycles. The van der Waals surface area contributed by atoms with Gasteiger partial charge in [0.05, 0.1) is 4.90 Å². The van der Waals surface area contributed by atoms with Gasteiger partial charge in [-0.05, 0) is 43.4 Å². The molecule has 1 aliphatic heterocycles. The maximum absolute atomic E-state index is 13.0. The molecule has 0 aromatic heterocycles. The summed E-state index contributed by atoms with van der Waals surface area (Å²) in [6, 6.07) is 18.4. The molecule has 6 heteroatoms. The van der Waals surface area contributed by atoms with Crippen molar-refractivity contribution in [3.05, 3.63) is 66.2 Å². The van der Waals surface area contributed by atoms with Crippen molar-refractivity contribution in [2.45, 2.75) is 49.5 Å². The van der Waals surface area contributed by atoms with Gasteiger partial charge in [-0.25, -0.2) is 8.42 Å². The molecule has 1 heterocycles. The number of benzene rings is 2. The van der Waals surface area contributed by atoms with Crippen LogP contribution in [0.2, 0.25) is 0 Å². The molecule has 5 nitrogen and oxygen atoms in total. The normalized spacial score (nSPS) is 17.9. The molecule has 1 fully saturated rings. The molecule has 150 valence electrons. The van der Waals surface area contributed by atoms with Gasteiger partial charge < -0.3 is 5.32 Å². The van der Waals surface area contributed by atoms with Crippen molar-refractivity contribution in [2.75, 3.05) is 13.1 Å². The number of sulfonamides is 1. The Balaban J connectivity index is 1.53. The zero-order chi connectivity index (χ0) is 19.8. The highest BCUT2D eigenvalue weighted by atomic mass is 32.2. The summed E-state index contributed by atoms with van der Waals surface area (Å²) in [7, 11) is -3.56. The quantitative estimate of drug-likeness (QED) is 0.691. The Morgan fingerprint density at radius 2 is 1.68 bits per heavy atom. The summed E-state index contributed by atoms with van der Waals surface area (Å²) in [4.78, 5) is 12.7. The number of nitrogens with zero attached hydrogens (tertiary/aromatic N) is 1. The van der Waals surface area contributed by atoms with Crippen molar-refractivity contribution in [1.29, 1.82) is 0 Å². The Morgan fingerprint density at radius 3 is 2.39 bits per heavy atom. The highest BCUT2D eigenvalue weighted by Gasteiger charge is 2.34. The third kappa shape index (κ3) is 5.42. The first-order chi connectivity index (χ1) is 13.6. The van der Waals surface area contributed by atoms with Crippen LogP contribution in [0.25, 0.3) is 0 Å². The van der Waals surface area contributed by atoms with E-state index in [0.29, 0.717) is 18.0 Å². The number of hydrogen-bond acceptors (Lipinski definition) is 3.